The predicted octanol–water partition coefficient (Wildman–Crippen LogP) is 0.494. The fourth-order valence-corrected chi connectivity index (χ4v) is 2.66. The molecular weight excluding hydrogens is 260 g/mol. The monoisotopic (exact) mass is 266 g/mol. The molecular formula is C6H7ClN4O2S2. The van der Waals surface area contributed by atoms with Gasteiger partial charge in [-0.25, -0.2) is 23.4 Å². The van der Waals surface area contributed by atoms with Crippen molar-refractivity contribution in [2.24, 2.45) is 0 Å². The molecule has 82 valence electrons. The van der Waals surface area contributed by atoms with Gasteiger partial charge in [-0.3, -0.25) is 0 Å². The topological polar surface area (TPSA) is 98.8 Å². The summed E-state index contributed by atoms with van der Waals surface area (Å²) < 4.78 is 22.4. The summed E-state index contributed by atoms with van der Waals surface area (Å²) in [6.07, 6.45) is 2.37. The highest BCUT2D eigenvalue weighted by molar-refractivity contribution is 7.92. The molecule has 0 aliphatic carbocycles. The lowest BCUT2D eigenvalue weighted by Gasteiger charge is -1.89. The second kappa shape index (κ2) is 3.87. The Morgan fingerprint density at radius 1 is 1.40 bits per heavy atom. The first-order valence-electron chi connectivity index (χ1n) is 3.55. The van der Waals surface area contributed by atoms with Crippen LogP contribution >= 0.6 is 23.7 Å². The van der Waals surface area contributed by atoms with E-state index in [1.54, 1.807) is 0 Å². The number of hydrogen-bond acceptors (Lipinski definition) is 7. The zero-order chi connectivity index (χ0) is 10.3. The number of nitrogens with two attached hydrogens (primary N) is 1. The van der Waals surface area contributed by atoms with E-state index in [0.29, 0.717) is 10.3 Å². The van der Waals surface area contributed by atoms with Crippen molar-refractivity contribution >= 4 is 49.7 Å². The van der Waals surface area contributed by atoms with Gasteiger partial charge >= 0.3 is 0 Å². The number of rotatable bonds is 1. The number of nitrogen functional groups attached to an aromatic ring is 1. The largest absolute Gasteiger partial charge is 0.382 e. The summed E-state index contributed by atoms with van der Waals surface area (Å²) >= 11 is 0.988. The highest BCUT2D eigenvalue weighted by Crippen LogP contribution is 2.25. The number of sulfone groups is 1. The van der Waals surface area contributed by atoms with E-state index in [4.69, 9.17) is 5.73 Å². The molecule has 2 heterocycles. The molecule has 0 saturated carbocycles. The lowest BCUT2D eigenvalue weighted by atomic mass is 10.5. The van der Waals surface area contributed by atoms with Crippen molar-refractivity contribution in [3.63, 3.8) is 0 Å². The summed E-state index contributed by atoms with van der Waals surface area (Å²) in [5, 5.41) is 0. The zero-order valence-corrected chi connectivity index (χ0v) is 9.99. The molecule has 15 heavy (non-hydrogen) atoms. The molecule has 0 atom stereocenters. The molecule has 0 spiro atoms. The predicted molar refractivity (Wildman–Crippen MR) is 60.0 cm³/mol. The number of nitrogens with zero attached hydrogens (tertiary/aromatic N) is 3. The molecule has 2 N–H and O–H groups in total. The van der Waals surface area contributed by atoms with Crippen LogP contribution in [0.2, 0.25) is 0 Å². The Hall–Kier alpha value is -0.990. The van der Waals surface area contributed by atoms with E-state index in [2.05, 4.69) is 15.0 Å². The molecule has 0 unspecified atom stereocenters. The molecule has 0 aliphatic heterocycles. The number of anilines is 1. The Kier molecular flexibility index (Phi) is 3.12. The average molecular weight is 267 g/mol. The third-order valence-corrected chi connectivity index (χ3v) is 4.16. The first-order chi connectivity index (χ1) is 6.48. The molecule has 0 bridgehead atoms. The van der Waals surface area contributed by atoms with E-state index < -0.39 is 9.84 Å². The number of thiazole rings is 1. The Morgan fingerprint density at radius 2 is 2.07 bits per heavy atom. The molecule has 0 radical (unpaired) electrons. The highest BCUT2D eigenvalue weighted by atomic mass is 35.5. The van der Waals surface area contributed by atoms with Crippen LogP contribution in [0.5, 0.6) is 0 Å². The first-order valence-corrected chi connectivity index (χ1v) is 6.26. The highest BCUT2D eigenvalue weighted by Gasteiger charge is 2.15. The minimum Gasteiger partial charge on any atom is -0.382 e. The maximum absolute atomic E-state index is 11.2. The smallest absolute Gasteiger partial charge is 0.211 e. The van der Waals surface area contributed by atoms with Crippen molar-refractivity contribution in [1.82, 2.24) is 15.0 Å². The van der Waals surface area contributed by atoms with Crippen LogP contribution in [0, 0.1) is 0 Å². The van der Waals surface area contributed by atoms with Crippen LogP contribution in [0.3, 0.4) is 0 Å². The SMILES string of the molecule is CS(=O)(=O)c1nc2c(N)ncnc2s1.Cl. The molecule has 2 rings (SSSR count). The van der Waals surface area contributed by atoms with Gasteiger partial charge in [-0.2, -0.15) is 0 Å². The maximum Gasteiger partial charge on any atom is 0.211 e. The average Bonchev–Trinajstić information content (AvgIpc) is 2.48. The minimum absolute atomic E-state index is 0. The van der Waals surface area contributed by atoms with E-state index in [1.165, 1.54) is 6.33 Å². The molecule has 0 saturated heterocycles. The zero-order valence-electron chi connectivity index (χ0n) is 7.54. The third kappa shape index (κ3) is 2.16. The van der Waals surface area contributed by atoms with Crippen LogP contribution < -0.4 is 5.73 Å². The first kappa shape index (κ1) is 12.1. The lowest BCUT2D eigenvalue weighted by molar-refractivity contribution is 0.601. The van der Waals surface area contributed by atoms with Crippen LogP contribution in [0.25, 0.3) is 10.3 Å². The third-order valence-electron chi connectivity index (χ3n) is 1.52. The summed E-state index contributed by atoms with van der Waals surface area (Å²) in [5.74, 6) is 0.196. The van der Waals surface area contributed by atoms with Gasteiger partial charge in [-0.1, -0.05) is 11.3 Å². The Balaban J connectivity index is 0.00000112. The Morgan fingerprint density at radius 3 is 2.60 bits per heavy atom. The summed E-state index contributed by atoms with van der Waals surface area (Å²) in [5.41, 5.74) is 5.86. The van der Waals surface area contributed by atoms with Gasteiger partial charge in [0.1, 0.15) is 16.7 Å². The van der Waals surface area contributed by atoms with Crippen molar-refractivity contribution in [3.8, 4) is 0 Å². The standard InChI is InChI=1S/C6H6N4O2S2.ClH/c1-14(11,12)6-10-3-4(7)8-2-9-5(3)13-6;/h2H,1H3,(H2,7,8,9);1H. The van der Waals surface area contributed by atoms with Gasteiger partial charge < -0.3 is 5.73 Å². The normalized spacial score (nSPS) is 11.3. The number of fused-ring (bicyclic) bond motifs is 1. The fraction of sp³-hybridized carbons (Fsp3) is 0.167. The fourth-order valence-electron chi connectivity index (χ4n) is 0.911. The van der Waals surface area contributed by atoms with Crippen molar-refractivity contribution in [1.29, 1.82) is 0 Å². The van der Waals surface area contributed by atoms with Gasteiger partial charge in [-0.05, 0) is 0 Å². The van der Waals surface area contributed by atoms with Crippen molar-refractivity contribution in [2.45, 2.75) is 4.34 Å². The van der Waals surface area contributed by atoms with Gasteiger partial charge in [-0.15, -0.1) is 12.4 Å². The van der Waals surface area contributed by atoms with Crippen molar-refractivity contribution < 1.29 is 8.42 Å². The molecule has 2 aromatic rings. The summed E-state index contributed by atoms with van der Waals surface area (Å²) in [6.45, 7) is 0. The quantitative estimate of drug-likeness (QED) is 0.807. The van der Waals surface area contributed by atoms with E-state index in [0.717, 1.165) is 17.6 Å². The van der Waals surface area contributed by atoms with E-state index in [-0.39, 0.29) is 22.6 Å². The van der Waals surface area contributed by atoms with Gasteiger partial charge in [0.15, 0.2) is 5.82 Å². The van der Waals surface area contributed by atoms with Gasteiger partial charge in [0, 0.05) is 6.26 Å². The lowest BCUT2D eigenvalue weighted by Crippen LogP contribution is -1.96. The summed E-state index contributed by atoms with van der Waals surface area (Å²) in [7, 11) is -3.30. The van der Waals surface area contributed by atoms with Crippen molar-refractivity contribution in [3.05, 3.63) is 6.33 Å². The molecule has 0 amide bonds. The van der Waals surface area contributed by atoms with Crippen LogP contribution in [0.1, 0.15) is 0 Å². The second-order valence-corrected chi connectivity index (χ2v) is 5.83. The van der Waals surface area contributed by atoms with Gasteiger partial charge in [0.2, 0.25) is 14.2 Å². The van der Waals surface area contributed by atoms with Crippen molar-refractivity contribution in [2.75, 3.05) is 12.0 Å². The minimum atomic E-state index is -3.30. The summed E-state index contributed by atoms with van der Waals surface area (Å²) in [6, 6.07) is 0. The van der Waals surface area contributed by atoms with E-state index in [1.807, 2.05) is 0 Å². The Labute approximate surface area is 95.9 Å². The van der Waals surface area contributed by atoms with Crippen LogP contribution in [0.15, 0.2) is 10.7 Å². The van der Waals surface area contributed by atoms with Gasteiger partial charge in [0.25, 0.3) is 0 Å². The molecule has 2 aromatic heterocycles. The van der Waals surface area contributed by atoms with E-state index >= 15 is 0 Å². The summed E-state index contributed by atoms with van der Waals surface area (Å²) in [4.78, 5) is 11.9. The second-order valence-electron chi connectivity index (χ2n) is 2.66. The number of hydrogen-bond donors (Lipinski definition) is 1. The van der Waals surface area contributed by atoms with Gasteiger partial charge in [0.05, 0.1) is 0 Å². The maximum atomic E-state index is 11.2. The van der Waals surface area contributed by atoms with E-state index in [9.17, 15) is 8.42 Å². The van der Waals surface area contributed by atoms with Crippen LogP contribution in [-0.2, 0) is 9.84 Å². The van der Waals surface area contributed by atoms with Crippen LogP contribution in [-0.4, -0.2) is 29.6 Å². The van der Waals surface area contributed by atoms with Crippen LogP contribution in [0.4, 0.5) is 5.82 Å². The molecule has 0 aromatic carbocycles. The molecule has 6 nitrogen and oxygen atoms in total. The Bertz CT molecular complexity index is 594. The number of halogens is 1. The molecule has 9 heteroatoms. The number of aromatic nitrogens is 3. The molecule has 0 aliphatic rings. The molecule has 0 fully saturated rings.